The fraction of sp³-hybridized carbons (Fsp3) is 1.00. The Balaban J connectivity index is 2.60. The zero-order chi connectivity index (χ0) is 11.1. The Hall–Kier alpha value is -0.0800. The Kier molecular flexibility index (Phi) is 5.62. The Morgan fingerprint density at radius 1 is 1.13 bits per heavy atom. The summed E-state index contributed by atoms with van der Waals surface area (Å²) in [5.74, 6) is 0. The van der Waals surface area contributed by atoms with Crippen molar-refractivity contribution in [2.45, 2.75) is 70.8 Å². The lowest BCUT2D eigenvalue weighted by Crippen LogP contribution is -2.42. The number of hydrogen-bond donors (Lipinski definition) is 2. The summed E-state index contributed by atoms with van der Waals surface area (Å²) in [6, 6.07) is 0. The fourth-order valence-corrected chi connectivity index (χ4v) is 2.86. The van der Waals surface area contributed by atoms with Gasteiger partial charge in [-0.25, -0.2) is 0 Å². The lowest BCUT2D eigenvalue weighted by atomic mass is 9.71. The maximum absolute atomic E-state index is 10.3. The molecule has 0 aromatic heterocycles. The van der Waals surface area contributed by atoms with Crippen molar-refractivity contribution in [1.29, 1.82) is 0 Å². The summed E-state index contributed by atoms with van der Waals surface area (Å²) in [6.45, 7) is 2.80. The molecule has 0 aliphatic heterocycles. The van der Waals surface area contributed by atoms with Crippen molar-refractivity contribution >= 4 is 0 Å². The zero-order valence-electron chi connectivity index (χ0n) is 10.2. The smallest absolute Gasteiger partial charge is 0.0608 e. The molecule has 0 spiro atoms. The van der Waals surface area contributed by atoms with E-state index in [2.05, 4.69) is 6.92 Å². The normalized spacial score (nSPS) is 24.2. The maximum atomic E-state index is 10.3. The minimum absolute atomic E-state index is 0.0381. The van der Waals surface area contributed by atoms with Gasteiger partial charge in [-0.2, -0.15) is 0 Å². The molecule has 0 heterocycles. The third-order valence-corrected chi connectivity index (χ3v) is 4.02. The molecule has 1 aliphatic carbocycles. The van der Waals surface area contributed by atoms with E-state index < -0.39 is 0 Å². The summed E-state index contributed by atoms with van der Waals surface area (Å²) >= 11 is 0. The van der Waals surface area contributed by atoms with Crippen LogP contribution in [0.3, 0.4) is 0 Å². The van der Waals surface area contributed by atoms with Gasteiger partial charge in [0.1, 0.15) is 0 Å². The molecule has 1 fully saturated rings. The van der Waals surface area contributed by atoms with E-state index in [0.717, 1.165) is 25.7 Å². The Morgan fingerprint density at radius 2 is 1.67 bits per heavy atom. The molecule has 0 bridgehead atoms. The third-order valence-electron chi connectivity index (χ3n) is 4.02. The molecule has 1 unspecified atom stereocenters. The van der Waals surface area contributed by atoms with Crippen molar-refractivity contribution in [3.8, 4) is 0 Å². The minimum atomic E-state index is -0.175. The van der Waals surface area contributed by atoms with Crippen LogP contribution in [-0.4, -0.2) is 17.8 Å². The molecule has 1 saturated carbocycles. The van der Waals surface area contributed by atoms with Gasteiger partial charge >= 0.3 is 0 Å². The van der Waals surface area contributed by atoms with Crippen molar-refractivity contribution in [3.05, 3.63) is 0 Å². The van der Waals surface area contributed by atoms with Gasteiger partial charge in [0.05, 0.1) is 6.10 Å². The van der Waals surface area contributed by atoms with E-state index in [1.165, 1.54) is 32.1 Å². The molecule has 1 atom stereocenters. The second-order valence-electron chi connectivity index (χ2n) is 5.14. The van der Waals surface area contributed by atoms with Gasteiger partial charge in [-0.15, -0.1) is 0 Å². The predicted octanol–water partition coefficient (Wildman–Crippen LogP) is 2.84. The van der Waals surface area contributed by atoms with Crippen LogP contribution >= 0.6 is 0 Å². The Labute approximate surface area is 94.2 Å². The van der Waals surface area contributed by atoms with Crippen LogP contribution in [0.25, 0.3) is 0 Å². The van der Waals surface area contributed by atoms with Gasteiger partial charge in [0.15, 0.2) is 0 Å². The number of aliphatic hydroxyl groups is 1. The number of hydrogen-bond acceptors (Lipinski definition) is 2. The van der Waals surface area contributed by atoms with E-state index in [1.807, 2.05) is 0 Å². The van der Waals surface area contributed by atoms with Gasteiger partial charge in [-0.05, 0) is 19.3 Å². The van der Waals surface area contributed by atoms with Crippen LogP contribution in [-0.2, 0) is 0 Å². The van der Waals surface area contributed by atoms with E-state index in [0.29, 0.717) is 6.54 Å². The molecular formula is C13H27NO. The van der Waals surface area contributed by atoms with E-state index in [1.54, 1.807) is 0 Å². The van der Waals surface area contributed by atoms with Crippen molar-refractivity contribution in [2.75, 3.05) is 6.54 Å². The Morgan fingerprint density at radius 3 is 2.13 bits per heavy atom. The second kappa shape index (κ2) is 6.49. The highest BCUT2D eigenvalue weighted by Crippen LogP contribution is 2.37. The molecule has 0 aromatic carbocycles. The number of nitrogens with two attached hydrogens (primary N) is 1. The van der Waals surface area contributed by atoms with Gasteiger partial charge in [-0.3, -0.25) is 0 Å². The summed E-state index contributed by atoms with van der Waals surface area (Å²) in [7, 11) is 0. The largest absolute Gasteiger partial charge is 0.393 e. The lowest BCUT2D eigenvalue weighted by Gasteiger charge is -2.38. The summed E-state index contributed by atoms with van der Waals surface area (Å²) < 4.78 is 0. The van der Waals surface area contributed by atoms with Crippen LogP contribution in [0.4, 0.5) is 0 Å². The highest BCUT2D eigenvalue weighted by atomic mass is 16.3. The predicted molar refractivity (Wildman–Crippen MR) is 64.7 cm³/mol. The van der Waals surface area contributed by atoms with E-state index in [-0.39, 0.29) is 11.5 Å². The molecule has 15 heavy (non-hydrogen) atoms. The zero-order valence-corrected chi connectivity index (χ0v) is 10.2. The van der Waals surface area contributed by atoms with Crippen molar-refractivity contribution in [1.82, 2.24) is 0 Å². The van der Waals surface area contributed by atoms with Crippen molar-refractivity contribution < 1.29 is 5.11 Å². The maximum Gasteiger partial charge on any atom is 0.0608 e. The number of aliphatic hydroxyl groups excluding tert-OH is 1. The Bertz CT molecular complexity index is 162. The van der Waals surface area contributed by atoms with Crippen LogP contribution in [0.2, 0.25) is 0 Å². The highest BCUT2D eigenvalue weighted by Gasteiger charge is 2.35. The molecule has 2 nitrogen and oxygen atoms in total. The van der Waals surface area contributed by atoms with E-state index in [9.17, 15) is 5.11 Å². The SMILES string of the molecule is CCCC(O)C1(CN)CCCCCCC1. The first kappa shape index (κ1) is 13.0. The molecule has 90 valence electrons. The van der Waals surface area contributed by atoms with Gasteiger partial charge in [0.25, 0.3) is 0 Å². The first-order chi connectivity index (χ1) is 7.25. The average molecular weight is 213 g/mol. The average Bonchev–Trinajstić information content (AvgIpc) is 2.18. The first-order valence-electron chi connectivity index (χ1n) is 6.63. The van der Waals surface area contributed by atoms with Crippen LogP contribution in [0, 0.1) is 5.41 Å². The quantitative estimate of drug-likeness (QED) is 0.754. The minimum Gasteiger partial charge on any atom is -0.393 e. The topological polar surface area (TPSA) is 46.2 Å². The van der Waals surface area contributed by atoms with Crippen LogP contribution in [0.15, 0.2) is 0 Å². The van der Waals surface area contributed by atoms with Gasteiger partial charge in [-0.1, -0.05) is 45.4 Å². The van der Waals surface area contributed by atoms with Crippen molar-refractivity contribution in [3.63, 3.8) is 0 Å². The van der Waals surface area contributed by atoms with Gasteiger partial charge in [0, 0.05) is 12.0 Å². The van der Waals surface area contributed by atoms with Crippen LogP contribution < -0.4 is 5.73 Å². The van der Waals surface area contributed by atoms with Crippen LogP contribution in [0.1, 0.15) is 64.7 Å². The molecular weight excluding hydrogens is 186 g/mol. The molecule has 2 heteroatoms. The molecule has 0 saturated heterocycles. The molecule has 3 N–H and O–H groups in total. The van der Waals surface area contributed by atoms with Gasteiger partial charge < -0.3 is 10.8 Å². The molecule has 0 aromatic rings. The summed E-state index contributed by atoms with van der Waals surface area (Å²) in [5.41, 5.74) is 5.97. The lowest BCUT2D eigenvalue weighted by molar-refractivity contribution is 0.00416. The summed E-state index contributed by atoms with van der Waals surface area (Å²) in [4.78, 5) is 0. The van der Waals surface area contributed by atoms with Gasteiger partial charge in [0.2, 0.25) is 0 Å². The standard InChI is InChI=1S/C13H27NO/c1-2-8-12(15)13(11-14)9-6-4-3-5-7-10-13/h12,15H,2-11,14H2,1H3. The molecule has 0 radical (unpaired) electrons. The third kappa shape index (κ3) is 3.46. The number of rotatable bonds is 4. The second-order valence-corrected chi connectivity index (χ2v) is 5.14. The van der Waals surface area contributed by atoms with E-state index in [4.69, 9.17) is 5.73 Å². The molecule has 0 amide bonds. The summed E-state index contributed by atoms with van der Waals surface area (Å²) in [5, 5.41) is 10.3. The molecule has 1 rings (SSSR count). The monoisotopic (exact) mass is 213 g/mol. The highest BCUT2D eigenvalue weighted by molar-refractivity contribution is 4.88. The van der Waals surface area contributed by atoms with Crippen molar-refractivity contribution in [2.24, 2.45) is 11.1 Å². The first-order valence-corrected chi connectivity index (χ1v) is 6.63. The molecule has 1 aliphatic rings. The van der Waals surface area contributed by atoms with Crippen LogP contribution in [0.5, 0.6) is 0 Å². The van der Waals surface area contributed by atoms with E-state index >= 15 is 0 Å². The fourth-order valence-electron chi connectivity index (χ4n) is 2.86. The summed E-state index contributed by atoms with van der Waals surface area (Å²) in [6.07, 6.45) is 10.6.